The SMILES string of the molecule is CCCCCCCCCC/C=C\CCCCCCCCCCCCCCCCCCCC(=O)OCC(COC(=O)CCCCCCCCCC)OC(=O)CCCCCCCCCCC. The van der Waals surface area contributed by atoms with E-state index in [0.29, 0.717) is 19.3 Å². The summed E-state index contributed by atoms with van der Waals surface area (Å²) in [6, 6.07) is 0. The van der Waals surface area contributed by atoms with E-state index < -0.39 is 6.10 Å². The first-order chi connectivity index (χ1) is 31.5. The molecule has 0 radical (unpaired) electrons. The Labute approximate surface area is 399 Å². The zero-order valence-corrected chi connectivity index (χ0v) is 43.3. The van der Waals surface area contributed by atoms with Crippen LogP contribution in [0.4, 0.5) is 0 Å². The number of carbonyl (C=O) groups excluding carboxylic acids is 3. The fourth-order valence-electron chi connectivity index (χ4n) is 8.68. The lowest BCUT2D eigenvalue weighted by Crippen LogP contribution is -2.30. The number of esters is 3. The molecule has 0 fully saturated rings. The molecule has 0 rings (SSSR count). The van der Waals surface area contributed by atoms with Crippen molar-refractivity contribution in [3.8, 4) is 0 Å². The largest absolute Gasteiger partial charge is 0.462 e. The molecule has 0 spiro atoms. The van der Waals surface area contributed by atoms with Crippen LogP contribution in [0.3, 0.4) is 0 Å². The third kappa shape index (κ3) is 51.1. The fourth-order valence-corrected chi connectivity index (χ4v) is 8.68. The average molecular weight is 904 g/mol. The third-order valence-corrected chi connectivity index (χ3v) is 13.0. The summed E-state index contributed by atoms with van der Waals surface area (Å²) in [6.45, 7) is 6.63. The molecule has 0 aliphatic carbocycles. The molecule has 6 heteroatoms. The van der Waals surface area contributed by atoms with Gasteiger partial charge in [-0.2, -0.15) is 0 Å². The van der Waals surface area contributed by atoms with Gasteiger partial charge in [0.1, 0.15) is 13.2 Å². The summed E-state index contributed by atoms with van der Waals surface area (Å²) in [4.78, 5) is 37.8. The number of unbranched alkanes of at least 4 members (excludes halogenated alkanes) is 40. The molecule has 0 bridgehead atoms. The smallest absolute Gasteiger partial charge is 0.306 e. The lowest BCUT2D eigenvalue weighted by atomic mass is 10.0. The molecule has 0 aromatic heterocycles. The van der Waals surface area contributed by atoms with Crippen molar-refractivity contribution < 1.29 is 28.6 Å². The summed E-state index contributed by atoms with van der Waals surface area (Å²) in [5.41, 5.74) is 0. The first kappa shape index (κ1) is 62.1. The van der Waals surface area contributed by atoms with Crippen LogP contribution in [0.5, 0.6) is 0 Å². The summed E-state index contributed by atoms with van der Waals surface area (Å²) in [7, 11) is 0. The summed E-state index contributed by atoms with van der Waals surface area (Å²) in [5, 5.41) is 0. The van der Waals surface area contributed by atoms with Crippen molar-refractivity contribution in [1.82, 2.24) is 0 Å². The van der Waals surface area contributed by atoms with Crippen molar-refractivity contribution in [3.63, 3.8) is 0 Å². The Morgan fingerprint density at radius 2 is 0.516 bits per heavy atom. The topological polar surface area (TPSA) is 78.9 Å². The molecule has 0 amide bonds. The maximum absolute atomic E-state index is 12.7. The van der Waals surface area contributed by atoms with Crippen molar-refractivity contribution in [1.29, 1.82) is 0 Å². The number of ether oxygens (including phenoxy) is 3. The van der Waals surface area contributed by atoms with Gasteiger partial charge in [0.2, 0.25) is 0 Å². The molecule has 378 valence electrons. The van der Waals surface area contributed by atoms with Crippen molar-refractivity contribution >= 4 is 17.9 Å². The monoisotopic (exact) mass is 903 g/mol. The standard InChI is InChI=1S/C58H110O6/c1-4-7-10-13-16-19-20-21-22-23-24-25-26-27-28-29-30-31-32-33-34-35-36-37-38-40-42-45-48-51-57(60)63-54-55(53-62-56(59)50-47-44-41-18-15-12-9-6-3)64-58(61)52-49-46-43-39-17-14-11-8-5-2/h23-24,55H,4-22,25-54H2,1-3H3/b24-23-. The molecule has 0 heterocycles. The quantitative estimate of drug-likeness (QED) is 0.0262. The van der Waals surface area contributed by atoms with Gasteiger partial charge < -0.3 is 14.2 Å². The molecular formula is C58H110O6. The maximum atomic E-state index is 12.7. The molecule has 0 N–H and O–H groups in total. The van der Waals surface area contributed by atoms with E-state index in [9.17, 15) is 14.4 Å². The summed E-state index contributed by atoms with van der Waals surface area (Å²) in [6.07, 6.45) is 61.1. The minimum atomic E-state index is -0.760. The van der Waals surface area contributed by atoms with Crippen LogP contribution < -0.4 is 0 Å². The summed E-state index contributed by atoms with van der Waals surface area (Å²) < 4.78 is 16.7. The fraction of sp³-hybridized carbons (Fsp3) is 0.914. The van der Waals surface area contributed by atoms with Crippen molar-refractivity contribution in [2.75, 3.05) is 13.2 Å². The zero-order chi connectivity index (χ0) is 46.5. The van der Waals surface area contributed by atoms with Gasteiger partial charge in [0.15, 0.2) is 6.10 Å². The Hall–Kier alpha value is -1.85. The highest BCUT2D eigenvalue weighted by molar-refractivity contribution is 5.71. The Balaban J connectivity index is 3.93. The molecule has 1 atom stereocenters. The van der Waals surface area contributed by atoms with Gasteiger partial charge in [-0.15, -0.1) is 0 Å². The van der Waals surface area contributed by atoms with Gasteiger partial charge in [-0.3, -0.25) is 14.4 Å². The van der Waals surface area contributed by atoms with E-state index in [4.69, 9.17) is 14.2 Å². The van der Waals surface area contributed by atoms with Crippen LogP contribution >= 0.6 is 0 Å². The lowest BCUT2D eigenvalue weighted by molar-refractivity contribution is -0.167. The minimum Gasteiger partial charge on any atom is -0.462 e. The first-order valence-electron chi connectivity index (χ1n) is 28.7. The first-order valence-corrected chi connectivity index (χ1v) is 28.7. The van der Waals surface area contributed by atoms with Gasteiger partial charge in [0, 0.05) is 19.3 Å². The Kier molecular flexibility index (Phi) is 52.2. The zero-order valence-electron chi connectivity index (χ0n) is 43.3. The second-order valence-corrected chi connectivity index (χ2v) is 19.6. The van der Waals surface area contributed by atoms with Crippen molar-refractivity contribution in [2.45, 2.75) is 329 Å². The van der Waals surface area contributed by atoms with Crippen LogP contribution in [0, 0.1) is 0 Å². The molecule has 64 heavy (non-hydrogen) atoms. The number of carbonyl (C=O) groups is 3. The number of rotatable bonds is 53. The van der Waals surface area contributed by atoms with Crippen LogP contribution in [0.15, 0.2) is 12.2 Å². The van der Waals surface area contributed by atoms with E-state index in [1.165, 1.54) is 225 Å². The van der Waals surface area contributed by atoms with E-state index in [-0.39, 0.29) is 31.1 Å². The molecule has 0 aliphatic heterocycles. The molecule has 0 aromatic rings. The molecule has 0 aliphatic rings. The van der Waals surface area contributed by atoms with Crippen molar-refractivity contribution in [3.05, 3.63) is 12.2 Å². The number of hydrogen-bond acceptors (Lipinski definition) is 6. The Morgan fingerprint density at radius 3 is 0.781 bits per heavy atom. The molecule has 0 aromatic carbocycles. The molecule has 0 saturated carbocycles. The highest BCUT2D eigenvalue weighted by Crippen LogP contribution is 2.17. The van der Waals surface area contributed by atoms with Crippen LogP contribution in [-0.4, -0.2) is 37.2 Å². The second-order valence-electron chi connectivity index (χ2n) is 19.6. The summed E-state index contributed by atoms with van der Waals surface area (Å²) in [5.74, 6) is -0.854. The van der Waals surface area contributed by atoms with Gasteiger partial charge in [-0.1, -0.05) is 270 Å². The minimum absolute atomic E-state index is 0.0644. The van der Waals surface area contributed by atoms with E-state index in [0.717, 1.165) is 57.8 Å². The van der Waals surface area contributed by atoms with E-state index in [2.05, 4.69) is 32.9 Å². The number of allylic oxidation sites excluding steroid dienone is 2. The van der Waals surface area contributed by atoms with Gasteiger partial charge in [-0.25, -0.2) is 0 Å². The maximum Gasteiger partial charge on any atom is 0.306 e. The van der Waals surface area contributed by atoms with Gasteiger partial charge in [0.25, 0.3) is 0 Å². The summed E-state index contributed by atoms with van der Waals surface area (Å²) >= 11 is 0. The molecule has 0 saturated heterocycles. The molecule has 1 unspecified atom stereocenters. The molecule has 6 nitrogen and oxygen atoms in total. The van der Waals surface area contributed by atoms with E-state index in [1.807, 2.05) is 0 Å². The number of hydrogen-bond donors (Lipinski definition) is 0. The average Bonchev–Trinajstić information content (AvgIpc) is 3.29. The van der Waals surface area contributed by atoms with Gasteiger partial charge in [-0.05, 0) is 44.9 Å². The highest BCUT2D eigenvalue weighted by Gasteiger charge is 2.19. The predicted molar refractivity (Wildman–Crippen MR) is 275 cm³/mol. The van der Waals surface area contributed by atoms with Gasteiger partial charge >= 0.3 is 17.9 Å². The Morgan fingerprint density at radius 1 is 0.297 bits per heavy atom. The van der Waals surface area contributed by atoms with Gasteiger partial charge in [0.05, 0.1) is 0 Å². The van der Waals surface area contributed by atoms with Crippen LogP contribution in [0.1, 0.15) is 323 Å². The van der Waals surface area contributed by atoms with Crippen LogP contribution in [0.2, 0.25) is 0 Å². The lowest BCUT2D eigenvalue weighted by Gasteiger charge is -2.18. The third-order valence-electron chi connectivity index (χ3n) is 13.0. The predicted octanol–water partition coefficient (Wildman–Crippen LogP) is 18.9. The van der Waals surface area contributed by atoms with Crippen LogP contribution in [0.25, 0.3) is 0 Å². The normalized spacial score (nSPS) is 12.0. The highest BCUT2D eigenvalue weighted by atomic mass is 16.6. The van der Waals surface area contributed by atoms with Crippen molar-refractivity contribution in [2.24, 2.45) is 0 Å². The second kappa shape index (κ2) is 53.8. The molecular weight excluding hydrogens is 793 g/mol. The van der Waals surface area contributed by atoms with E-state index >= 15 is 0 Å². The Bertz CT molecular complexity index is 993. The van der Waals surface area contributed by atoms with Crippen LogP contribution in [-0.2, 0) is 28.6 Å². The van der Waals surface area contributed by atoms with E-state index in [1.54, 1.807) is 0 Å².